The Morgan fingerprint density at radius 2 is 2.10 bits per heavy atom. The maximum atomic E-state index is 10.8. The van der Waals surface area contributed by atoms with Crippen molar-refractivity contribution in [3.63, 3.8) is 0 Å². The lowest BCUT2D eigenvalue weighted by molar-refractivity contribution is 0.0696. The molecule has 0 aliphatic heterocycles. The second-order valence-electron chi connectivity index (χ2n) is 4.02. The molecule has 0 amide bonds. The number of hydrogen-bond donors (Lipinski definition) is 1. The van der Waals surface area contributed by atoms with Crippen molar-refractivity contribution in [1.29, 1.82) is 5.26 Å². The van der Waals surface area contributed by atoms with Crippen LogP contribution in [-0.2, 0) is 0 Å². The lowest BCUT2D eigenvalue weighted by Gasteiger charge is -2.06. The van der Waals surface area contributed by atoms with Gasteiger partial charge in [-0.05, 0) is 36.4 Å². The van der Waals surface area contributed by atoms with Gasteiger partial charge >= 0.3 is 5.97 Å². The molecule has 21 heavy (non-hydrogen) atoms. The van der Waals surface area contributed by atoms with E-state index in [0.717, 1.165) is 0 Å². The molecular weight excluding hydrogens is 288 g/mol. The fraction of sp³-hybridized carbons (Fsp3) is 0.133. The van der Waals surface area contributed by atoms with Gasteiger partial charge in [-0.2, -0.15) is 5.26 Å². The van der Waals surface area contributed by atoms with E-state index in [1.165, 1.54) is 30.1 Å². The van der Waals surface area contributed by atoms with Crippen LogP contribution < -0.4 is 4.74 Å². The van der Waals surface area contributed by atoms with Crippen molar-refractivity contribution in [2.24, 2.45) is 0 Å². The molecule has 0 saturated carbocycles. The lowest BCUT2D eigenvalue weighted by Crippen LogP contribution is -2.01. The maximum absolute atomic E-state index is 10.8. The van der Waals surface area contributed by atoms with Gasteiger partial charge in [0.05, 0.1) is 28.8 Å². The van der Waals surface area contributed by atoms with Gasteiger partial charge in [0.25, 0.3) is 0 Å². The standard InChI is InChI=1S/C15H12N2O3S/c16-10-11-1-3-13(4-2-11)20-7-8-21-14-9-12(15(18)19)5-6-17-14/h1-6,9H,7-8H2,(H,18,19). The highest BCUT2D eigenvalue weighted by Gasteiger charge is 2.04. The van der Waals surface area contributed by atoms with Crippen LogP contribution in [-0.4, -0.2) is 28.4 Å². The highest BCUT2D eigenvalue weighted by molar-refractivity contribution is 7.99. The molecule has 0 bridgehead atoms. The van der Waals surface area contributed by atoms with Gasteiger partial charge in [-0.1, -0.05) is 0 Å². The minimum Gasteiger partial charge on any atom is -0.493 e. The quantitative estimate of drug-likeness (QED) is 0.652. The van der Waals surface area contributed by atoms with E-state index in [-0.39, 0.29) is 5.56 Å². The number of carbonyl (C=O) groups is 1. The fourth-order valence-electron chi connectivity index (χ4n) is 1.55. The van der Waals surface area contributed by atoms with Crippen LogP contribution in [0.25, 0.3) is 0 Å². The van der Waals surface area contributed by atoms with Gasteiger partial charge in [0.2, 0.25) is 0 Å². The highest BCUT2D eigenvalue weighted by atomic mass is 32.2. The monoisotopic (exact) mass is 300 g/mol. The normalized spacial score (nSPS) is 9.86. The van der Waals surface area contributed by atoms with Crippen LogP contribution >= 0.6 is 11.8 Å². The first-order chi connectivity index (χ1) is 10.2. The van der Waals surface area contributed by atoms with Crippen LogP contribution in [0.1, 0.15) is 15.9 Å². The fourth-order valence-corrected chi connectivity index (χ4v) is 2.27. The SMILES string of the molecule is N#Cc1ccc(OCCSc2cc(C(=O)O)ccn2)cc1. The van der Waals surface area contributed by atoms with E-state index in [9.17, 15) is 4.79 Å². The second-order valence-corrected chi connectivity index (χ2v) is 5.14. The predicted octanol–water partition coefficient (Wildman–Crippen LogP) is 2.82. The summed E-state index contributed by atoms with van der Waals surface area (Å²) in [5.74, 6) is 0.380. The molecule has 1 N–H and O–H groups in total. The maximum Gasteiger partial charge on any atom is 0.335 e. The van der Waals surface area contributed by atoms with Gasteiger partial charge in [-0.25, -0.2) is 9.78 Å². The van der Waals surface area contributed by atoms with Crippen molar-refractivity contribution in [2.45, 2.75) is 5.03 Å². The first-order valence-corrected chi connectivity index (χ1v) is 7.13. The minimum absolute atomic E-state index is 0.223. The number of carboxylic acids is 1. The van der Waals surface area contributed by atoms with Gasteiger partial charge in [-0.15, -0.1) is 11.8 Å². The number of nitriles is 1. The zero-order valence-corrected chi connectivity index (χ0v) is 11.8. The number of hydrogen-bond acceptors (Lipinski definition) is 5. The molecule has 0 unspecified atom stereocenters. The summed E-state index contributed by atoms with van der Waals surface area (Å²) in [4.78, 5) is 14.9. The lowest BCUT2D eigenvalue weighted by atomic mass is 10.2. The third-order valence-electron chi connectivity index (χ3n) is 2.57. The molecule has 1 aromatic carbocycles. The molecule has 1 heterocycles. The van der Waals surface area contributed by atoms with Gasteiger partial charge in [0.1, 0.15) is 5.75 Å². The van der Waals surface area contributed by atoms with E-state index in [4.69, 9.17) is 15.1 Å². The molecular formula is C15H12N2O3S. The van der Waals surface area contributed by atoms with E-state index >= 15 is 0 Å². The summed E-state index contributed by atoms with van der Waals surface area (Å²) in [6, 6.07) is 11.9. The van der Waals surface area contributed by atoms with Gasteiger partial charge in [0.15, 0.2) is 0 Å². The Kier molecular flexibility index (Phi) is 5.18. The topological polar surface area (TPSA) is 83.2 Å². The van der Waals surface area contributed by atoms with Crippen LogP contribution in [0.3, 0.4) is 0 Å². The van der Waals surface area contributed by atoms with Gasteiger partial charge in [0, 0.05) is 11.9 Å². The Bertz CT molecular complexity index is 665. The molecule has 0 saturated heterocycles. The first-order valence-electron chi connectivity index (χ1n) is 6.14. The Morgan fingerprint density at radius 1 is 1.33 bits per heavy atom. The van der Waals surface area contributed by atoms with E-state index < -0.39 is 5.97 Å². The summed E-state index contributed by atoms with van der Waals surface area (Å²) in [5, 5.41) is 18.2. The number of rotatable bonds is 6. The second kappa shape index (κ2) is 7.31. The number of thioether (sulfide) groups is 1. The number of aromatic nitrogens is 1. The van der Waals surface area contributed by atoms with Crippen molar-refractivity contribution < 1.29 is 14.6 Å². The summed E-state index contributed by atoms with van der Waals surface area (Å²) < 4.78 is 5.53. The Balaban J connectivity index is 1.80. The van der Waals surface area contributed by atoms with Crippen molar-refractivity contribution in [3.05, 3.63) is 53.7 Å². The molecule has 6 heteroatoms. The smallest absolute Gasteiger partial charge is 0.335 e. The molecule has 0 radical (unpaired) electrons. The molecule has 106 valence electrons. The summed E-state index contributed by atoms with van der Waals surface area (Å²) in [7, 11) is 0. The van der Waals surface area contributed by atoms with Crippen molar-refractivity contribution >= 4 is 17.7 Å². The largest absolute Gasteiger partial charge is 0.493 e. The first kappa shape index (κ1) is 14.9. The third-order valence-corrected chi connectivity index (χ3v) is 3.46. The molecule has 2 aromatic rings. The van der Waals surface area contributed by atoms with Gasteiger partial charge in [-0.3, -0.25) is 0 Å². The Hall–Kier alpha value is -2.52. The molecule has 0 fully saturated rings. The molecule has 2 rings (SSSR count). The molecule has 5 nitrogen and oxygen atoms in total. The Labute approximate surface area is 126 Å². The summed E-state index contributed by atoms with van der Waals surface area (Å²) in [5.41, 5.74) is 0.812. The molecule has 0 aliphatic carbocycles. The predicted molar refractivity (Wildman–Crippen MR) is 78.6 cm³/mol. The zero-order chi connectivity index (χ0) is 15.1. The number of pyridine rings is 1. The van der Waals surface area contributed by atoms with Crippen LogP contribution in [0.4, 0.5) is 0 Å². The van der Waals surface area contributed by atoms with Crippen LogP contribution in [0.15, 0.2) is 47.6 Å². The molecule has 1 aromatic heterocycles. The minimum atomic E-state index is -0.965. The summed E-state index contributed by atoms with van der Waals surface area (Å²) in [6.45, 7) is 0.468. The Morgan fingerprint density at radius 3 is 2.76 bits per heavy atom. The average molecular weight is 300 g/mol. The van der Waals surface area contributed by atoms with Crippen LogP contribution in [0, 0.1) is 11.3 Å². The molecule has 0 spiro atoms. The van der Waals surface area contributed by atoms with Crippen molar-refractivity contribution in [1.82, 2.24) is 4.98 Å². The number of ether oxygens (including phenoxy) is 1. The summed E-state index contributed by atoms with van der Waals surface area (Å²) >= 11 is 1.43. The van der Waals surface area contributed by atoms with Crippen molar-refractivity contribution in [3.8, 4) is 11.8 Å². The number of carboxylic acid groups (broad SMARTS) is 1. The summed E-state index contributed by atoms with van der Waals surface area (Å²) in [6.07, 6.45) is 1.48. The zero-order valence-electron chi connectivity index (χ0n) is 11.0. The van der Waals surface area contributed by atoms with Crippen LogP contribution in [0.5, 0.6) is 5.75 Å². The average Bonchev–Trinajstić information content (AvgIpc) is 2.52. The van der Waals surface area contributed by atoms with E-state index in [1.54, 1.807) is 24.3 Å². The van der Waals surface area contributed by atoms with Crippen LogP contribution in [0.2, 0.25) is 0 Å². The van der Waals surface area contributed by atoms with E-state index in [2.05, 4.69) is 4.98 Å². The van der Waals surface area contributed by atoms with Gasteiger partial charge < -0.3 is 9.84 Å². The number of aromatic carboxylic acids is 1. The number of benzene rings is 1. The molecule has 0 aliphatic rings. The third kappa shape index (κ3) is 4.51. The highest BCUT2D eigenvalue weighted by Crippen LogP contribution is 2.17. The van der Waals surface area contributed by atoms with E-state index in [1.807, 2.05) is 6.07 Å². The number of nitrogens with zero attached hydrogens (tertiary/aromatic N) is 2. The van der Waals surface area contributed by atoms with Crippen molar-refractivity contribution in [2.75, 3.05) is 12.4 Å². The molecule has 0 atom stereocenters. The van der Waals surface area contributed by atoms with E-state index in [0.29, 0.717) is 28.7 Å².